The van der Waals surface area contributed by atoms with Crippen LogP contribution in [-0.4, -0.2) is 41.0 Å². The summed E-state index contributed by atoms with van der Waals surface area (Å²) >= 11 is 1.51. The minimum Gasteiger partial charge on any atom is -0.335 e. The minimum absolute atomic E-state index is 0.0121. The molecule has 2 aromatic rings. The van der Waals surface area contributed by atoms with E-state index in [0.717, 1.165) is 23.1 Å². The zero-order chi connectivity index (χ0) is 17.4. The lowest BCUT2D eigenvalue weighted by molar-refractivity contribution is -0.121. The number of likely N-dealkylation sites (tertiary alicyclic amines) is 1. The van der Waals surface area contributed by atoms with Crippen molar-refractivity contribution in [2.45, 2.75) is 38.6 Å². The third-order valence-electron chi connectivity index (χ3n) is 4.83. The quantitative estimate of drug-likeness (QED) is 0.885. The van der Waals surface area contributed by atoms with Crippen molar-refractivity contribution in [3.05, 3.63) is 23.8 Å². The maximum Gasteiger partial charge on any atom is 0.317 e. The number of carbonyl (C=O) groups is 2. The third-order valence-corrected chi connectivity index (χ3v) is 5.77. The van der Waals surface area contributed by atoms with Gasteiger partial charge in [-0.3, -0.25) is 4.79 Å². The average molecular weight is 358 g/mol. The van der Waals surface area contributed by atoms with Gasteiger partial charge < -0.3 is 15.5 Å². The van der Waals surface area contributed by atoms with Crippen LogP contribution in [0.5, 0.6) is 0 Å². The highest BCUT2D eigenvalue weighted by Crippen LogP contribution is 2.28. The molecule has 1 saturated heterocycles. The third kappa shape index (κ3) is 3.76. The van der Waals surface area contributed by atoms with Crippen LogP contribution in [0.25, 0.3) is 10.2 Å². The molecule has 2 fully saturated rings. The van der Waals surface area contributed by atoms with Crippen LogP contribution in [0.4, 0.5) is 9.93 Å². The summed E-state index contributed by atoms with van der Waals surface area (Å²) < 4.78 is 1.09. The molecule has 0 unspecified atom stereocenters. The zero-order valence-corrected chi connectivity index (χ0v) is 15.1. The summed E-state index contributed by atoms with van der Waals surface area (Å²) in [5.41, 5.74) is 2.10. The molecular formula is C18H22N4O2S. The predicted molar refractivity (Wildman–Crippen MR) is 98.8 cm³/mol. The average Bonchev–Trinajstić information content (AvgIpc) is 3.32. The number of urea groups is 1. The number of amides is 3. The van der Waals surface area contributed by atoms with Gasteiger partial charge in [-0.05, 0) is 50.3 Å². The number of hydrogen-bond donors (Lipinski definition) is 2. The Hall–Kier alpha value is -2.15. The lowest BCUT2D eigenvalue weighted by Crippen LogP contribution is -2.46. The molecule has 0 radical (unpaired) electrons. The second-order valence-corrected chi connectivity index (χ2v) is 8.00. The Kier molecular flexibility index (Phi) is 4.33. The van der Waals surface area contributed by atoms with Gasteiger partial charge in [0.2, 0.25) is 5.91 Å². The predicted octanol–water partition coefficient (Wildman–Crippen LogP) is 3.13. The van der Waals surface area contributed by atoms with Crippen molar-refractivity contribution in [1.82, 2.24) is 15.2 Å². The highest BCUT2D eigenvalue weighted by molar-refractivity contribution is 7.22. The molecule has 2 heterocycles. The molecule has 25 heavy (non-hydrogen) atoms. The molecule has 0 atom stereocenters. The van der Waals surface area contributed by atoms with Gasteiger partial charge in [-0.2, -0.15) is 0 Å². The Balaban J connectivity index is 1.32. The first-order valence-electron chi connectivity index (χ1n) is 8.82. The van der Waals surface area contributed by atoms with Crippen LogP contribution in [0, 0.1) is 12.8 Å². The van der Waals surface area contributed by atoms with Gasteiger partial charge >= 0.3 is 6.03 Å². The van der Waals surface area contributed by atoms with Crippen LogP contribution in [-0.2, 0) is 4.79 Å². The Morgan fingerprint density at radius 2 is 1.96 bits per heavy atom. The molecule has 1 saturated carbocycles. The fourth-order valence-corrected chi connectivity index (χ4v) is 4.10. The van der Waals surface area contributed by atoms with E-state index < -0.39 is 0 Å². The molecule has 3 amide bonds. The number of rotatable bonds is 3. The summed E-state index contributed by atoms with van der Waals surface area (Å²) in [5, 5.41) is 6.61. The van der Waals surface area contributed by atoms with Crippen molar-refractivity contribution in [2.24, 2.45) is 5.92 Å². The maximum absolute atomic E-state index is 12.5. The van der Waals surface area contributed by atoms with Crippen molar-refractivity contribution >= 4 is 38.6 Å². The number of aryl methyl sites for hydroxylation is 1. The molecule has 0 bridgehead atoms. The number of anilines is 1. The Morgan fingerprint density at radius 3 is 2.68 bits per heavy atom. The fraction of sp³-hybridized carbons (Fsp3) is 0.500. The molecule has 2 aliphatic rings. The summed E-state index contributed by atoms with van der Waals surface area (Å²) in [4.78, 5) is 30.9. The molecule has 1 aromatic carbocycles. The summed E-state index contributed by atoms with van der Waals surface area (Å²) in [5.74, 6) is -0.0447. The van der Waals surface area contributed by atoms with E-state index in [9.17, 15) is 9.59 Å². The normalized spacial score (nSPS) is 18.4. The second-order valence-electron chi connectivity index (χ2n) is 6.96. The van der Waals surface area contributed by atoms with E-state index in [1.54, 1.807) is 0 Å². The molecule has 2 N–H and O–H groups in total. The van der Waals surface area contributed by atoms with E-state index in [-0.39, 0.29) is 17.9 Å². The van der Waals surface area contributed by atoms with Crippen molar-refractivity contribution in [3.8, 4) is 0 Å². The van der Waals surface area contributed by atoms with Crippen LogP contribution in [0.3, 0.4) is 0 Å². The maximum atomic E-state index is 12.5. The van der Waals surface area contributed by atoms with E-state index in [1.165, 1.54) is 16.9 Å². The second kappa shape index (κ2) is 6.63. The first-order valence-corrected chi connectivity index (χ1v) is 9.63. The van der Waals surface area contributed by atoms with E-state index in [4.69, 9.17) is 0 Å². The molecule has 132 valence electrons. The first-order chi connectivity index (χ1) is 12.1. The van der Waals surface area contributed by atoms with Crippen molar-refractivity contribution in [2.75, 3.05) is 18.4 Å². The number of benzene rings is 1. The molecular weight excluding hydrogens is 336 g/mol. The summed E-state index contributed by atoms with van der Waals surface area (Å²) in [6.45, 7) is 3.32. The van der Waals surface area contributed by atoms with Gasteiger partial charge in [0, 0.05) is 25.0 Å². The zero-order valence-electron chi connectivity index (χ0n) is 14.2. The van der Waals surface area contributed by atoms with E-state index in [1.807, 2.05) is 24.0 Å². The highest BCUT2D eigenvalue weighted by atomic mass is 32.1. The summed E-state index contributed by atoms with van der Waals surface area (Å²) in [6, 6.07) is 6.47. The van der Waals surface area contributed by atoms with Crippen LogP contribution in [0.1, 0.15) is 31.2 Å². The molecule has 1 aromatic heterocycles. The minimum atomic E-state index is -0.0567. The Bertz CT molecular complexity index is 807. The van der Waals surface area contributed by atoms with Gasteiger partial charge in [0.15, 0.2) is 5.13 Å². The first kappa shape index (κ1) is 16.3. The van der Waals surface area contributed by atoms with E-state index >= 15 is 0 Å². The summed E-state index contributed by atoms with van der Waals surface area (Å²) in [6.07, 6.45) is 3.58. The topological polar surface area (TPSA) is 74.3 Å². The largest absolute Gasteiger partial charge is 0.335 e. The van der Waals surface area contributed by atoms with Crippen LogP contribution >= 0.6 is 11.3 Å². The van der Waals surface area contributed by atoms with Gasteiger partial charge in [-0.15, -0.1) is 0 Å². The molecule has 1 aliphatic heterocycles. The Labute approximate surface area is 150 Å². The molecule has 6 nitrogen and oxygen atoms in total. The number of nitrogens with one attached hydrogen (secondary N) is 2. The number of hydrogen-bond acceptors (Lipinski definition) is 4. The van der Waals surface area contributed by atoms with E-state index in [2.05, 4.69) is 21.7 Å². The number of piperidine rings is 1. The van der Waals surface area contributed by atoms with Gasteiger partial charge in [-0.25, -0.2) is 9.78 Å². The van der Waals surface area contributed by atoms with Gasteiger partial charge in [-0.1, -0.05) is 17.4 Å². The van der Waals surface area contributed by atoms with Gasteiger partial charge in [0.25, 0.3) is 0 Å². The number of nitrogens with zero attached hydrogens (tertiary/aromatic N) is 2. The van der Waals surface area contributed by atoms with Gasteiger partial charge in [0.1, 0.15) is 0 Å². The number of aromatic nitrogens is 1. The number of carbonyl (C=O) groups excluding carboxylic acids is 2. The van der Waals surface area contributed by atoms with Crippen molar-refractivity contribution < 1.29 is 9.59 Å². The smallest absolute Gasteiger partial charge is 0.317 e. The highest BCUT2D eigenvalue weighted by Gasteiger charge is 2.30. The number of thiazole rings is 1. The number of fused-ring (bicyclic) bond motifs is 1. The molecule has 7 heteroatoms. The molecule has 1 aliphatic carbocycles. The van der Waals surface area contributed by atoms with Gasteiger partial charge in [0.05, 0.1) is 10.2 Å². The van der Waals surface area contributed by atoms with Crippen LogP contribution < -0.4 is 10.6 Å². The van der Waals surface area contributed by atoms with E-state index in [0.29, 0.717) is 37.1 Å². The van der Waals surface area contributed by atoms with Crippen LogP contribution in [0.15, 0.2) is 18.2 Å². The lowest BCUT2D eigenvalue weighted by Gasteiger charge is -2.31. The van der Waals surface area contributed by atoms with Crippen molar-refractivity contribution in [3.63, 3.8) is 0 Å². The Morgan fingerprint density at radius 1 is 1.20 bits per heavy atom. The van der Waals surface area contributed by atoms with Crippen molar-refractivity contribution in [1.29, 1.82) is 0 Å². The lowest BCUT2D eigenvalue weighted by atomic mass is 9.96. The molecule has 0 spiro atoms. The molecule has 4 rings (SSSR count). The fourth-order valence-electron chi connectivity index (χ4n) is 3.13. The van der Waals surface area contributed by atoms with Crippen LogP contribution in [0.2, 0.25) is 0 Å². The standard InChI is InChI=1S/C18H22N4O2S/c1-11-2-5-14-15(10-11)25-17(20-14)21-16(23)12-6-8-22(9-7-12)18(24)19-13-3-4-13/h2,5,10,12-13H,3-4,6-9H2,1H3,(H,19,24)(H,20,21,23). The SMILES string of the molecule is Cc1ccc2nc(NC(=O)C3CCN(C(=O)NC4CC4)CC3)sc2c1. The summed E-state index contributed by atoms with van der Waals surface area (Å²) in [7, 11) is 0. The monoisotopic (exact) mass is 358 g/mol.